The molecule has 13 heavy (non-hydrogen) atoms. The van der Waals surface area contributed by atoms with E-state index in [9.17, 15) is 0 Å². The van der Waals surface area contributed by atoms with E-state index in [0.717, 1.165) is 17.7 Å². The number of rotatable bonds is 4. The summed E-state index contributed by atoms with van der Waals surface area (Å²) < 4.78 is 0. The average molecular weight is 180 g/mol. The van der Waals surface area contributed by atoms with Gasteiger partial charge < -0.3 is 5.73 Å². The molecular weight excluding hydrogens is 160 g/mol. The van der Waals surface area contributed by atoms with Gasteiger partial charge in [0.15, 0.2) is 0 Å². The maximum absolute atomic E-state index is 5.47. The zero-order chi connectivity index (χ0) is 10.3. The Morgan fingerprint density at radius 2 is 2.08 bits per heavy atom. The van der Waals surface area contributed by atoms with Gasteiger partial charge in [-0.1, -0.05) is 26.8 Å². The minimum atomic E-state index is 0.434. The second-order valence-corrected chi connectivity index (χ2v) is 3.21. The van der Waals surface area contributed by atoms with Crippen LogP contribution < -0.4 is 5.73 Å². The summed E-state index contributed by atoms with van der Waals surface area (Å²) in [4.78, 5) is 4.34. The molecule has 0 aliphatic carbocycles. The molecule has 0 aromatic rings. The van der Waals surface area contributed by atoms with Crippen molar-refractivity contribution in [2.24, 2.45) is 16.6 Å². The standard InChI is InChI=1S/C11H20N2/c1-5-11(6-2)13-8-10(7-12)9(3)4/h5,7-9H,6,12H2,1-4H3/b10-7+,11-5-,13-8+. The molecule has 74 valence electrons. The smallest absolute Gasteiger partial charge is 0.0358 e. The van der Waals surface area contributed by atoms with Crippen molar-refractivity contribution < 1.29 is 0 Å². The summed E-state index contributed by atoms with van der Waals surface area (Å²) in [6.07, 6.45) is 6.45. The molecule has 2 nitrogen and oxygen atoms in total. The van der Waals surface area contributed by atoms with E-state index in [4.69, 9.17) is 5.73 Å². The molecule has 2 heteroatoms. The minimum Gasteiger partial charge on any atom is -0.404 e. The number of aliphatic imine (C=N–C) groups is 1. The van der Waals surface area contributed by atoms with Crippen LogP contribution in [0.25, 0.3) is 0 Å². The molecule has 0 aromatic heterocycles. The van der Waals surface area contributed by atoms with E-state index in [2.05, 4.69) is 25.8 Å². The lowest BCUT2D eigenvalue weighted by Gasteiger charge is -2.03. The first-order valence-corrected chi connectivity index (χ1v) is 4.76. The third-order valence-corrected chi connectivity index (χ3v) is 1.93. The first-order valence-electron chi connectivity index (χ1n) is 4.76. The lowest BCUT2D eigenvalue weighted by molar-refractivity contribution is 0.803. The number of hydrogen-bond donors (Lipinski definition) is 1. The van der Waals surface area contributed by atoms with E-state index >= 15 is 0 Å². The summed E-state index contributed by atoms with van der Waals surface area (Å²) in [7, 11) is 0. The van der Waals surface area contributed by atoms with Crippen molar-refractivity contribution in [3.05, 3.63) is 23.5 Å². The Kier molecular flexibility index (Phi) is 5.94. The van der Waals surface area contributed by atoms with Crippen LogP contribution in [0.5, 0.6) is 0 Å². The fourth-order valence-electron chi connectivity index (χ4n) is 0.912. The molecule has 0 aromatic carbocycles. The van der Waals surface area contributed by atoms with E-state index < -0.39 is 0 Å². The fraction of sp³-hybridized carbons (Fsp3) is 0.545. The summed E-state index contributed by atoms with van der Waals surface area (Å²) in [6.45, 7) is 8.29. The van der Waals surface area contributed by atoms with Gasteiger partial charge in [0.05, 0.1) is 0 Å². The molecule has 2 N–H and O–H groups in total. The fourth-order valence-corrected chi connectivity index (χ4v) is 0.912. The van der Waals surface area contributed by atoms with Crippen LogP contribution >= 0.6 is 0 Å². The van der Waals surface area contributed by atoms with Gasteiger partial charge in [-0.2, -0.15) is 0 Å². The maximum atomic E-state index is 5.47. The van der Waals surface area contributed by atoms with Crippen molar-refractivity contribution in [3.63, 3.8) is 0 Å². The first kappa shape index (κ1) is 11.9. The molecule has 0 unspecified atom stereocenters. The number of allylic oxidation sites excluding steroid dienone is 3. The minimum absolute atomic E-state index is 0.434. The molecule has 0 saturated heterocycles. The molecular formula is C11H20N2. The lowest BCUT2D eigenvalue weighted by Crippen LogP contribution is -1.99. The van der Waals surface area contributed by atoms with Crippen LogP contribution in [0.2, 0.25) is 0 Å². The Bertz CT molecular complexity index is 222. The van der Waals surface area contributed by atoms with Crippen molar-refractivity contribution in [2.45, 2.75) is 34.1 Å². The van der Waals surface area contributed by atoms with Crippen LogP contribution in [0.4, 0.5) is 0 Å². The van der Waals surface area contributed by atoms with Gasteiger partial charge in [-0.25, -0.2) is 0 Å². The van der Waals surface area contributed by atoms with Crippen LogP contribution in [-0.4, -0.2) is 6.21 Å². The van der Waals surface area contributed by atoms with E-state index in [-0.39, 0.29) is 0 Å². The molecule has 0 spiro atoms. The third-order valence-electron chi connectivity index (χ3n) is 1.93. The molecule has 0 aliphatic heterocycles. The Balaban J connectivity index is 4.40. The van der Waals surface area contributed by atoms with E-state index in [1.54, 1.807) is 6.20 Å². The molecule has 0 rings (SSSR count). The monoisotopic (exact) mass is 180 g/mol. The molecule has 0 saturated carbocycles. The van der Waals surface area contributed by atoms with Crippen molar-refractivity contribution in [3.8, 4) is 0 Å². The predicted molar refractivity (Wildman–Crippen MR) is 59.6 cm³/mol. The topological polar surface area (TPSA) is 38.4 Å². The molecule has 0 fully saturated rings. The number of nitrogens with zero attached hydrogens (tertiary/aromatic N) is 1. The van der Waals surface area contributed by atoms with Crippen LogP contribution in [0.15, 0.2) is 28.5 Å². The highest BCUT2D eigenvalue weighted by molar-refractivity contribution is 5.79. The summed E-state index contributed by atoms with van der Waals surface area (Å²) in [5.41, 5.74) is 7.64. The van der Waals surface area contributed by atoms with Crippen molar-refractivity contribution >= 4 is 6.21 Å². The third kappa shape index (κ3) is 4.51. The van der Waals surface area contributed by atoms with Gasteiger partial charge in [0, 0.05) is 11.9 Å². The highest BCUT2D eigenvalue weighted by Gasteiger charge is 1.98. The summed E-state index contributed by atoms with van der Waals surface area (Å²) in [6, 6.07) is 0. The zero-order valence-corrected chi connectivity index (χ0v) is 9.04. The van der Waals surface area contributed by atoms with Crippen LogP contribution in [0.1, 0.15) is 34.1 Å². The summed E-state index contributed by atoms with van der Waals surface area (Å²) in [5.74, 6) is 0.434. The van der Waals surface area contributed by atoms with Gasteiger partial charge in [-0.05, 0) is 31.0 Å². The van der Waals surface area contributed by atoms with Gasteiger partial charge in [-0.3, -0.25) is 4.99 Å². The lowest BCUT2D eigenvalue weighted by atomic mass is 10.1. The Hall–Kier alpha value is -1.05. The highest BCUT2D eigenvalue weighted by Crippen LogP contribution is 2.07. The van der Waals surface area contributed by atoms with Crippen LogP contribution in [0.3, 0.4) is 0 Å². The van der Waals surface area contributed by atoms with Gasteiger partial charge in [-0.15, -0.1) is 0 Å². The number of hydrogen-bond acceptors (Lipinski definition) is 2. The molecule has 0 bridgehead atoms. The van der Waals surface area contributed by atoms with Crippen LogP contribution in [0, 0.1) is 5.92 Å². The second-order valence-electron chi connectivity index (χ2n) is 3.21. The largest absolute Gasteiger partial charge is 0.404 e. The average Bonchev–Trinajstić information content (AvgIpc) is 2.12. The SMILES string of the molecule is C\C=C(CC)/N=C/C(=C\N)C(C)C. The van der Waals surface area contributed by atoms with Gasteiger partial charge in [0.1, 0.15) is 0 Å². The van der Waals surface area contributed by atoms with Gasteiger partial charge in [0.25, 0.3) is 0 Å². The number of nitrogens with two attached hydrogens (primary N) is 1. The van der Waals surface area contributed by atoms with Crippen molar-refractivity contribution in [1.82, 2.24) is 0 Å². The summed E-state index contributed by atoms with van der Waals surface area (Å²) in [5, 5.41) is 0. The second kappa shape index (κ2) is 6.46. The van der Waals surface area contributed by atoms with Crippen LogP contribution in [-0.2, 0) is 0 Å². The Morgan fingerprint density at radius 1 is 1.46 bits per heavy atom. The van der Waals surface area contributed by atoms with E-state index in [0.29, 0.717) is 5.92 Å². The van der Waals surface area contributed by atoms with Gasteiger partial charge in [0.2, 0.25) is 0 Å². The quantitative estimate of drug-likeness (QED) is 0.664. The summed E-state index contributed by atoms with van der Waals surface area (Å²) >= 11 is 0. The molecule has 0 radical (unpaired) electrons. The Morgan fingerprint density at radius 3 is 2.38 bits per heavy atom. The molecule has 0 aliphatic rings. The Labute approximate surface area is 81.2 Å². The molecule has 0 amide bonds. The van der Waals surface area contributed by atoms with E-state index in [1.807, 2.05) is 19.2 Å². The predicted octanol–water partition coefficient (Wildman–Crippen LogP) is 2.87. The van der Waals surface area contributed by atoms with Crippen molar-refractivity contribution in [1.29, 1.82) is 0 Å². The molecule has 0 atom stereocenters. The van der Waals surface area contributed by atoms with Gasteiger partial charge >= 0.3 is 0 Å². The normalized spacial score (nSPS) is 14.5. The van der Waals surface area contributed by atoms with E-state index in [1.165, 1.54) is 0 Å². The maximum Gasteiger partial charge on any atom is 0.0358 e. The van der Waals surface area contributed by atoms with Crippen molar-refractivity contribution in [2.75, 3.05) is 0 Å². The first-order chi connectivity index (χ1) is 6.15. The zero-order valence-electron chi connectivity index (χ0n) is 9.04. The highest BCUT2D eigenvalue weighted by atomic mass is 14.7. The molecule has 0 heterocycles.